The van der Waals surface area contributed by atoms with Crippen LogP contribution < -0.4 is 5.23 Å². The smallest absolute Gasteiger partial charge is 0.317 e. The van der Waals surface area contributed by atoms with E-state index in [-0.39, 0.29) is 22.8 Å². The Hall–Kier alpha value is -1.59. The summed E-state index contributed by atoms with van der Waals surface area (Å²) in [6.07, 6.45) is 0.777. The first-order chi connectivity index (χ1) is 7.64. The van der Waals surface area contributed by atoms with E-state index in [1.807, 2.05) is 0 Å². The minimum Gasteiger partial charge on any atom is -0.733 e. The lowest BCUT2D eigenvalue weighted by atomic mass is 9.94. The highest BCUT2D eigenvalue weighted by Gasteiger charge is 2.66. The molecule has 1 saturated carbocycles. The van der Waals surface area contributed by atoms with Gasteiger partial charge in [-0.15, -0.1) is 0 Å². The van der Waals surface area contributed by atoms with Crippen molar-refractivity contribution in [2.24, 2.45) is 5.92 Å². The molecular formula is C11H10NO4-. The van der Waals surface area contributed by atoms with E-state index in [1.54, 1.807) is 18.2 Å². The molecule has 16 heavy (non-hydrogen) atoms. The van der Waals surface area contributed by atoms with Gasteiger partial charge in [-0.25, -0.2) is 0 Å². The molecule has 5 heteroatoms. The number of cyclic esters (lactones) is 1. The Morgan fingerprint density at radius 2 is 2.38 bits per heavy atom. The Balaban J connectivity index is 2.02. The van der Waals surface area contributed by atoms with Gasteiger partial charge in [0.1, 0.15) is 0 Å². The summed E-state index contributed by atoms with van der Waals surface area (Å²) in [6.45, 7) is 0.462. The summed E-state index contributed by atoms with van der Waals surface area (Å²) in [7, 11) is 0. The highest BCUT2D eigenvalue weighted by atomic mass is 16.8. The van der Waals surface area contributed by atoms with E-state index in [0.717, 1.165) is 12.0 Å². The zero-order valence-electron chi connectivity index (χ0n) is 8.42. The highest BCUT2D eigenvalue weighted by Crippen LogP contribution is 2.59. The van der Waals surface area contributed by atoms with Crippen molar-refractivity contribution >= 4 is 11.7 Å². The van der Waals surface area contributed by atoms with Gasteiger partial charge < -0.3 is 15.2 Å². The highest BCUT2D eigenvalue weighted by molar-refractivity contribution is 5.90. The first-order valence-electron chi connectivity index (χ1n) is 5.08. The second-order valence-corrected chi connectivity index (χ2v) is 4.29. The van der Waals surface area contributed by atoms with Gasteiger partial charge in [-0.05, 0) is 24.1 Å². The normalized spacial score (nSPS) is 30.9. The number of nitrogens with zero attached hydrogens (tertiary/aromatic N) is 1. The fraction of sp³-hybridized carbons (Fsp3) is 0.364. The maximum Gasteiger partial charge on any atom is 0.317 e. The van der Waals surface area contributed by atoms with E-state index in [0.29, 0.717) is 6.61 Å². The molecule has 3 rings (SSSR count). The topological polar surface area (TPSA) is 72.8 Å². The summed E-state index contributed by atoms with van der Waals surface area (Å²) >= 11 is 0. The third-order valence-corrected chi connectivity index (χ3v) is 3.47. The Morgan fingerprint density at radius 3 is 2.94 bits per heavy atom. The van der Waals surface area contributed by atoms with Gasteiger partial charge in [0.25, 0.3) is 0 Å². The van der Waals surface area contributed by atoms with Crippen LogP contribution in [0.3, 0.4) is 0 Å². The van der Waals surface area contributed by atoms with Crippen LogP contribution in [0.5, 0.6) is 0 Å². The molecule has 0 unspecified atom stereocenters. The van der Waals surface area contributed by atoms with Crippen molar-refractivity contribution in [3.05, 3.63) is 35.0 Å². The molecule has 1 N–H and O–H groups in total. The van der Waals surface area contributed by atoms with Gasteiger partial charge in [-0.2, -0.15) is 0 Å². The second kappa shape index (κ2) is 2.96. The van der Waals surface area contributed by atoms with Gasteiger partial charge in [0.05, 0.1) is 17.7 Å². The molecule has 1 aromatic carbocycles. The fourth-order valence-electron chi connectivity index (χ4n) is 2.46. The molecule has 84 valence electrons. The number of hydrogen-bond acceptors (Lipinski definition) is 5. The van der Waals surface area contributed by atoms with E-state index in [9.17, 15) is 10.0 Å². The number of carbonyl (C=O) groups excluding carboxylic acids is 1. The number of carbonyl (C=O) groups is 1. The molecule has 1 heterocycles. The minimum atomic E-state index is -0.550. The van der Waals surface area contributed by atoms with E-state index >= 15 is 0 Å². The van der Waals surface area contributed by atoms with Crippen LogP contribution in [0, 0.1) is 11.1 Å². The molecule has 5 nitrogen and oxygen atoms in total. The van der Waals surface area contributed by atoms with Gasteiger partial charge in [-0.3, -0.25) is 10.0 Å². The predicted octanol–water partition coefficient (Wildman–Crippen LogP) is 1.19. The summed E-state index contributed by atoms with van der Waals surface area (Å²) in [5.41, 5.74) is 0.344. The van der Waals surface area contributed by atoms with Crippen molar-refractivity contribution in [2.75, 3.05) is 11.8 Å². The quantitative estimate of drug-likeness (QED) is 0.598. The summed E-state index contributed by atoms with van der Waals surface area (Å²) in [5, 5.41) is 19.4. The third kappa shape index (κ3) is 1.10. The van der Waals surface area contributed by atoms with Crippen molar-refractivity contribution in [3.63, 3.8) is 0 Å². The Kier molecular flexibility index (Phi) is 1.78. The van der Waals surface area contributed by atoms with Crippen molar-refractivity contribution < 1.29 is 14.7 Å². The van der Waals surface area contributed by atoms with E-state index in [1.165, 1.54) is 6.07 Å². The van der Waals surface area contributed by atoms with Crippen LogP contribution in [0.4, 0.5) is 5.69 Å². The summed E-state index contributed by atoms with van der Waals surface area (Å²) in [6, 6.07) is 6.48. The molecule has 2 fully saturated rings. The van der Waals surface area contributed by atoms with Crippen LogP contribution in [-0.2, 0) is 14.9 Å². The van der Waals surface area contributed by atoms with Crippen LogP contribution in [0.2, 0.25) is 0 Å². The van der Waals surface area contributed by atoms with Crippen molar-refractivity contribution in [3.8, 4) is 0 Å². The number of benzene rings is 1. The van der Waals surface area contributed by atoms with Crippen molar-refractivity contribution in [2.45, 2.75) is 11.8 Å². The lowest BCUT2D eigenvalue weighted by molar-refractivity contribution is -0.142. The maximum atomic E-state index is 11.6. The summed E-state index contributed by atoms with van der Waals surface area (Å²) in [5.74, 6) is 0.0130. The Labute approximate surface area is 91.8 Å². The number of esters is 1. The van der Waals surface area contributed by atoms with Crippen LogP contribution in [-0.4, -0.2) is 17.8 Å². The van der Waals surface area contributed by atoms with E-state index < -0.39 is 5.41 Å². The van der Waals surface area contributed by atoms with E-state index in [4.69, 9.17) is 9.94 Å². The molecule has 1 saturated heterocycles. The SMILES string of the molecule is O=C1OC[C@@H]2C[C@]12c1cccc(N([O-])O)c1. The fourth-order valence-corrected chi connectivity index (χ4v) is 2.46. The summed E-state index contributed by atoms with van der Waals surface area (Å²) < 4.78 is 4.98. The molecule has 0 aromatic heterocycles. The molecule has 1 aliphatic heterocycles. The summed E-state index contributed by atoms with van der Waals surface area (Å²) in [4.78, 5) is 11.6. The van der Waals surface area contributed by atoms with Gasteiger partial charge in [0, 0.05) is 5.92 Å². The Bertz CT molecular complexity index is 459. The third-order valence-electron chi connectivity index (χ3n) is 3.47. The van der Waals surface area contributed by atoms with Gasteiger partial charge in [0.2, 0.25) is 0 Å². The standard InChI is InChI=1S/C11H10NO4/c13-10-11(5-8(11)6-16-10)7-2-1-3-9(4-7)12(14)15/h1-4,8,14H,5-6H2/q-1/t8-,11+/m0/s1. The molecule has 0 bridgehead atoms. The lowest BCUT2D eigenvalue weighted by Gasteiger charge is -2.22. The first-order valence-corrected chi connectivity index (χ1v) is 5.08. The second-order valence-electron chi connectivity index (χ2n) is 4.29. The number of ether oxygens (including phenoxy) is 1. The van der Waals surface area contributed by atoms with Crippen molar-refractivity contribution in [1.29, 1.82) is 0 Å². The molecule has 0 amide bonds. The minimum absolute atomic E-state index is 0.136. The monoisotopic (exact) mass is 220 g/mol. The van der Waals surface area contributed by atoms with Crippen LogP contribution >= 0.6 is 0 Å². The molecule has 0 spiro atoms. The van der Waals surface area contributed by atoms with Gasteiger partial charge >= 0.3 is 5.97 Å². The van der Waals surface area contributed by atoms with Gasteiger partial charge in [0.15, 0.2) is 0 Å². The van der Waals surface area contributed by atoms with Crippen LogP contribution in [0.1, 0.15) is 12.0 Å². The van der Waals surface area contributed by atoms with Crippen molar-refractivity contribution in [1.82, 2.24) is 0 Å². The molecule has 0 radical (unpaired) electrons. The molecule has 2 atom stereocenters. The maximum absolute atomic E-state index is 11.6. The average molecular weight is 220 g/mol. The number of rotatable bonds is 2. The zero-order valence-corrected chi connectivity index (χ0v) is 8.42. The number of anilines is 1. The zero-order chi connectivity index (χ0) is 11.3. The Morgan fingerprint density at radius 1 is 1.56 bits per heavy atom. The first kappa shape index (κ1) is 9.62. The average Bonchev–Trinajstić information content (AvgIpc) is 2.94. The van der Waals surface area contributed by atoms with E-state index in [2.05, 4.69) is 0 Å². The molecule has 1 aliphatic carbocycles. The van der Waals surface area contributed by atoms with Crippen LogP contribution in [0.15, 0.2) is 24.3 Å². The molecular weight excluding hydrogens is 210 g/mol. The number of hydrogen-bond donors (Lipinski definition) is 1. The van der Waals surface area contributed by atoms with Crippen LogP contribution in [0.25, 0.3) is 0 Å². The lowest BCUT2D eigenvalue weighted by Crippen LogP contribution is -2.19. The van der Waals surface area contributed by atoms with Gasteiger partial charge in [-0.1, -0.05) is 12.1 Å². The molecule has 1 aromatic rings. The predicted molar refractivity (Wildman–Crippen MR) is 54.8 cm³/mol. The largest absolute Gasteiger partial charge is 0.733 e. The molecule has 2 aliphatic rings. The number of fused-ring (bicyclic) bond motifs is 1.